The SMILES string of the molecule is C=C(C)C(=O)OCCN(C(=O)N=CC1(C)CC(N=C=O)CC(C)(C)C1)C(C)(C)C. The fraction of sp³-hybridized carbons (Fsp3) is 0.727. The van der Waals surface area contributed by atoms with E-state index in [-0.39, 0.29) is 36.1 Å². The van der Waals surface area contributed by atoms with Crippen LogP contribution in [0.1, 0.15) is 67.7 Å². The van der Waals surface area contributed by atoms with Crippen molar-refractivity contribution in [3.8, 4) is 0 Å². The normalized spacial score (nSPS) is 23.9. The minimum Gasteiger partial charge on any atom is -0.460 e. The van der Waals surface area contributed by atoms with Gasteiger partial charge in [0.05, 0.1) is 12.6 Å². The Morgan fingerprint density at radius 3 is 2.41 bits per heavy atom. The summed E-state index contributed by atoms with van der Waals surface area (Å²) in [7, 11) is 0. The highest BCUT2D eigenvalue weighted by molar-refractivity contribution is 5.87. The predicted molar refractivity (Wildman–Crippen MR) is 114 cm³/mol. The third-order valence-electron chi connectivity index (χ3n) is 5.03. The fourth-order valence-electron chi connectivity index (χ4n) is 4.10. The first kappa shape index (κ1) is 24.8. The molecule has 1 fully saturated rings. The number of isocyanates is 1. The van der Waals surface area contributed by atoms with Crippen molar-refractivity contribution in [3.63, 3.8) is 0 Å². The van der Waals surface area contributed by atoms with E-state index in [2.05, 4.69) is 30.4 Å². The Kier molecular flexibility index (Phi) is 8.10. The van der Waals surface area contributed by atoms with Crippen LogP contribution in [0.2, 0.25) is 0 Å². The number of hydrogen-bond donors (Lipinski definition) is 0. The molecule has 0 aliphatic heterocycles. The molecule has 0 radical (unpaired) electrons. The van der Waals surface area contributed by atoms with E-state index in [4.69, 9.17) is 4.74 Å². The summed E-state index contributed by atoms with van der Waals surface area (Å²) in [6, 6.07) is -0.507. The van der Waals surface area contributed by atoms with Gasteiger partial charge in [0, 0.05) is 22.7 Å². The van der Waals surface area contributed by atoms with Gasteiger partial charge >= 0.3 is 12.0 Å². The first-order valence-electron chi connectivity index (χ1n) is 9.96. The predicted octanol–water partition coefficient (Wildman–Crippen LogP) is 4.32. The Morgan fingerprint density at radius 2 is 1.90 bits per heavy atom. The van der Waals surface area contributed by atoms with E-state index in [1.807, 2.05) is 27.7 Å². The second-order valence-electron chi connectivity index (χ2n) is 10.1. The van der Waals surface area contributed by atoms with Gasteiger partial charge in [-0.1, -0.05) is 27.4 Å². The maximum atomic E-state index is 12.8. The lowest BCUT2D eigenvalue weighted by atomic mass is 9.63. The van der Waals surface area contributed by atoms with Crippen LogP contribution in [-0.4, -0.2) is 53.9 Å². The minimum atomic E-state index is -0.485. The summed E-state index contributed by atoms with van der Waals surface area (Å²) in [5.74, 6) is -0.478. The van der Waals surface area contributed by atoms with Crippen LogP contribution < -0.4 is 0 Å². The third-order valence-corrected chi connectivity index (χ3v) is 5.03. The van der Waals surface area contributed by atoms with Crippen LogP contribution in [0.3, 0.4) is 0 Å². The van der Waals surface area contributed by atoms with Crippen LogP contribution in [0.4, 0.5) is 4.79 Å². The number of nitrogens with zero attached hydrogens (tertiary/aromatic N) is 3. The molecule has 0 saturated heterocycles. The molecule has 1 rings (SSSR count). The Bertz CT molecular complexity index is 714. The highest BCUT2D eigenvalue weighted by Crippen LogP contribution is 2.46. The molecule has 2 unspecified atom stereocenters. The average molecular weight is 406 g/mol. The van der Waals surface area contributed by atoms with Gasteiger partial charge in [-0.3, -0.25) is 0 Å². The van der Waals surface area contributed by atoms with E-state index in [0.29, 0.717) is 12.0 Å². The topological polar surface area (TPSA) is 88.4 Å². The van der Waals surface area contributed by atoms with Crippen molar-refractivity contribution in [2.45, 2.75) is 79.3 Å². The van der Waals surface area contributed by atoms with Crippen molar-refractivity contribution in [1.82, 2.24) is 4.90 Å². The molecular weight excluding hydrogens is 370 g/mol. The van der Waals surface area contributed by atoms with E-state index in [9.17, 15) is 14.4 Å². The van der Waals surface area contributed by atoms with E-state index in [1.54, 1.807) is 24.1 Å². The Labute approximate surface area is 174 Å². The Morgan fingerprint density at radius 1 is 1.28 bits per heavy atom. The van der Waals surface area contributed by atoms with E-state index in [0.717, 1.165) is 12.8 Å². The maximum absolute atomic E-state index is 12.8. The molecule has 162 valence electrons. The van der Waals surface area contributed by atoms with E-state index < -0.39 is 11.5 Å². The summed E-state index contributed by atoms with van der Waals surface area (Å²) in [6.45, 7) is 17.4. The van der Waals surface area contributed by atoms with Crippen LogP contribution in [0, 0.1) is 10.8 Å². The van der Waals surface area contributed by atoms with Gasteiger partial charge < -0.3 is 9.64 Å². The smallest absolute Gasteiger partial charge is 0.343 e. The highest BCUT2D eigenvalue weighted by Gasteiger charge is 2.41. The number of ether oxygens (including phenoxy) is 1. The van der Waals surface area contributed by atoms with Crippen LogP contribution in [0.25, 0.3) is 0 Å². The second-order valence-corrected chi connectivity index (χ2v) is 10.1. The van der Waals surface area contributed by atoms with E-state index >= 15 is 0 Å². The number of urea groups is 1. The zero-order valence-electron chi connectivity index (χ0n) is 18.9. The molecule has 7 heteroatoms. The third kappa shape index (κ3) is 7.94. The number of rotatable bonds is 6. The summed E-state index contributed by atoms with van der Waals surface area (Å²) in [4.78, 5) is 44.9. The van der Waals surface area contributed by atoms with Crippen molar-refractivity contribution in [3.05, 3.63) is 12.2 Å². The second kappa shape index (κ2) is 9.49. The van der Waals surface area contributed by atoms with Gasteiger partial charge in [0.25, 0.3) is 0 Å². The molecule has 0 heterocycles. The standard InChI is InChI=1S/C22H35N3O4/c1-16(2)18(27)29-10-9-25(20(3,4)5)19(28)23-14-22(8)12-17(24-15-26)11-21(6,7)13-22/h14,17H,1,9-13H2,2-8H3. The molecule has 0 aromatic rings. The molecular formula is C22H35N3O4. The molecule has 7 nitrogen and oxygen atoms in total. The number of aliphatic imine (C=N–C) groups is 2. The first-order valence-corrected chi connectivity index (χ1v) is 9.96. The maximum Gasteiger partial charge on any atom is 0.343 e. The molecule has 1 aliphatic carbocycles. The van der Waals surface area contributed by atoms with Crippen molar-refractivity contribution in [2.24, 2.45) is 20.8 Å². The summed E-state index contributed by atoms with van der Waals surface area (Å²) >= 11 is 0. The van der Waals surface area contributed by atoms with Gasteiger partial charge in [-0.25, -0.2) is 24.4 Å². The molecule has 0 bridgehead atoms. The first-order chi connectivity index (χ1) is 13.2. The van der Waals surface area contributed by atoms with Crippen molar-refractivity contribution >= 4 is 24.3 Å². The molecule has 29 heavy (non-hydrogen) atoms. The molecule has 0 N–H and O–H groups in total. The van der Waals surface area contributed by atoms with E-state index in [1.165, 1.54) is 0 Å². The summed E-state index contributed by atoms with van der Waals surface area (Å²) in [6.07, 6.45) is 5.66. The molecule has 2 atom stereocenters. The van der Waals surface area contributed by atoms with Crippen molar-refractivity contribution in [2.75, 3.05) is 13.2 Å². The number of carbonyl (C=O) groups is 2. The van der Waals surface area contributed by atoms with Gasteiger partial charge in [-0.15, -0.1) is 0 Å². The lowest BCUT2D eigenvalue weighted by molar-refractivity contribution is -0.139. The zero-order valence-corrected chi connectivity index (χ0v) is 18.9. The summed E-state index contributed by atoms with van der Waals surface area (Å²) < 4.78 is 5.13. The number of carbonyl (C=O) groups excluding carboxylic acids is 3. The van der Waals surface area contributed by atoms with Crippen LogP contribution >= 0.6 is 0 Å². The molecule has 0 aromatic carbocycles. The van der Waals surface area contributed by atoms with Gasteiger partial charge in [0.1, 0.15) is 6.61 Å². The molecule has 1 aliphatic rings. The largest absolute Gasteiger partial charge is 0.460 e. The van der Waals surface area contributed by atoms with Crippen molar-refractivity contribution in [1.29, 1.82) is 0 Å². The van der Waals surface area contributed by atoms with Gasteiger partial charge in [-0.2, -0.15) is 0 Å². The average Bonchev–Trinajstić information content (AvgIpc) is 2.53. The Balaban J connectivity index is 2.91. The zero-order chi connectivity index (χ0) is 22.5. The van der Waals surface area contributed by atoms with Gasteiger partial charge in [0.15, 0.2) is 0 Å². The summed E-state index contributed by atoms with van der Waals surface area (Å²) in [5, 5.41) is 0. The molecule has 0 spiro atoms. The summed E-state index contributed by atoms with van der Waals surface area (Å²) in [5.41, 5.74) is -0.537. The van der Waals surface area contributed by atoms with Crippen LogP contribution in [-0.2, 0) is 14.3 Å². The highest BCUT2D eigenvalue weighted by atomic mass is 16.5. The Hall–Kier alpha value is -2.27. The van der Waals surface area contributed by atoms with Crippen LogP contribution in [0.5, 0.6) is 0 Å². The minimum absolute atomic E-state index is 0.0203. The number of esters is 1. The molecule has 2 amide bonds. The van der Waals surface area contributed by atoms with Gasteiger partial charge in [0.2, 0.25) is 6.08 Å². The number of amides is 2. The number of hydrogen-bond acceptors (Lipinski definition) is 5. The monoisotopic (exact) mass is 405 g/mol. The van der Waals surface area contributed by atoms with Crippen LogP contribution in [0.15, 0.2) is 22.1 Å². The molecule has 0 aromatic heterocycles. The molecule has 1 saturated carbocycles. The fourth-order valence-corrected chi connectivity index (χ4v) is 4.10. The quantitative estimate of drug-likeness (QED) is 0.285. The lowest BCUT2D eigenvalue weighted by Crippen LogP contribution is -2.46. The van der Waals surface area contributed by atoms with Crippen molar-refractivity contribution < 1.29 is 19.1 Å². The van der Waals surface area contributed by atoms with Gasteiger partial charge in [-0.05, 0) is 52.4 Å². The lowest BCUT2D eigenvalue weighted by Gasteiger charge is -2.43.